The highest BCUT2D eigenvalue weighted by Crippen LogP contribution is 2.29. The van der Waals surface area contributed by atoms with E-state index in [1.807, 2.05) is 0 Å². The van der Waals surface area contributed by atoms with E-state index in [-0.39, 0.29) is 0 Å². The molecule has 1 fully saturated rings. The first-order valence-corrected chi connectivity index (χ1v) is 7.95. The second-order valence-corrected chi connectivity index (χ2v) is 6.05. The highest BCUT2D eigenvalue weighted by atomic mass is 32.1. The van der Waals surface area contributed by atoms with Gasteiger partial charge in [0, 0.05) is 12.6 Å². The van der Waals surface area contributed by atoms with Crippen LogP contribution < -0.4 is 5.32 Å². The van der Waals surface area contributed by atoms with Gasteiger partial charge in [-0.2, -0.15) is 0 Å². The maximum atomic E-state index is 4.29. The van der Waals surface area contributed by atoms with Crippen molar-refractivity contribution < 1.29 is 0 Å². The molecule has 1 aliphatic rings. The summed E-state index contributed by atoms with van der Waals surface area (Å²) in [5.74, 6) is 0. The zero-order valence-corrected chi connectivity index (χ0v) is 12.3. The second-order valence-electron chi connectivity index (χ2n) is 4.98. The first-order valence-electron chi connectivity index (χ1n) is 7.13. The predicted octanol–water partition coefficient (Wildman–Crippen LogP) is 3.12. The summed E-state index contributed by atoms with van der Waals surface area (Å²) in [7, 11) is 0. The Bertz CT molecular complexity index is 349. The summed E-state index contributed by atoms with van der Waals surface area (Å²) in [4.78, 5) is 2.58. The van der Waals surface area contributed by atoms with E-state index in [4.69, 9.17) is 0 Å². The summed E-state index contributed by atoms with van der Waals surface area (Å²) in [5.41, 5.74) is 0. The summed E-state index contributed by atoms with van der Waals surface area (Å²) >= 11 is 1.70. The van der Waals surface area contributed by atoms with Crippen LogP contribution in [-0.4, -0.2) is 34.2 Å². The third-order valence-corrected chi connectivity index (χ3v) is 4.06. The molecule has 102 valence electrons. The smallest absolute Gasteiger partial charge is 0.205 e. The molecular weight excluding hydrogens is 244 g/mol. The van der Waals surface area contributed by atoms with Gasteiger partial charge in [-0.25, -0.2) is 0 Å². The highest BCUT2D eigenvalue weighted by molar-refractivity contribution is 7.15. The minimum absolute atomic E-state index is 0.813. The fourth-order valence-corrected chi connectivity index (χ4v) is 2.78. The van der Waals surface area contributed by atoms with Crippen molar-refractivity contribution in [3.05, 3.63) is 5.01 Å². The Morgan fingerprint density at radius 3 is 2.78 bits per heavy atom. The van der Waals surface area contributed by atoms with Crippen LogP contribution in [-0.2, 0) is 6.54 Å². The number of hydrogen-bond donors (Lipinski definition) is 1. The lowest BCUT2D eigenvalue weighted by Gasteiger charge is -2.19. The average molecular weight is 268 g/mol. The summed E-state index contributed by atoms with van der Waals surface area (Å²) in [6, 6.07) is 0.813. The van der Waals surface area contributed by atoms with E-state index < -0.39 is 0 Å². The largest absolute Gasteiger partial charge is 0.360 e. The Kier molecular flexibility index (Phi) is 5.38. The second kappa shape index (κ2) is 7.04. The van der Waals surface area contributed by atoms with Crippen molar-refractivity contribution in [1.82, 2.24) is 15.1 Å². The van der Waals surface area contributed by atoms with Crippen LogP contribution in [0.15, 0.2) is 0 Å². The Morgan fingerprint density at radius 1 is 1.28 bits per heavy atom. The Labute approximate surface area is 114 Å². The zero-order valence-electron chi connectivity index (χ0n) is 11.5. The minimum Gasteiger partial charge on any atom is -0.360 e. The number of rotatable bonds is 9. The van der Waals surface area contributed by atoms with Crippen LogP contribution in [0.25, 0.3) is 0 Å². The van der Waals surface area contributed by atoms with Gasteiger partial charge in [0.25, 0.3) is 0 Å². The SMILES string of the molecule is CCCCN(Cc1nnc(NCCC)s1)C1CC1. The molecule has 1 heterocycles. The normalized spacial score (nSPS) is 15.3. The fourth-order valence-electron chi connectivity index (χ4n) is 1.99. The van der Waals surface area contributed by atoms with E-state index in [9.17, 15) is 0 Å². The van der Waals surface area contributed by atoms with Crippen molar-refractivity contribution in [1.29, 1.82) is 0 Å². The first kappa shape index (κ1) is 13.7. The van der Waals surface area contributed by atoms with Crippen molar-refractivity contribution in [2.75, 3.05) is 18.4 Å². The number of aromatic nitrogens is 2. The molecule has 0 aromatic carbocycles. The van der Waals surface area contributed by atoms with Crippen molar-refractivity contribution in [2.24, 2.45) is 0 Å². The summed E-state index contributed by atoms with van der Waals surface area (Å²) in [6.07, 6.45) is 6.41. The van der Waals surface area contributed by atoms with Gasteiger partial charge in [0.05, 0.1) is 6.54 Å². The van der Waals surface area contributed by atoms with E-state index >= 15 is 0 Å². The van der Waals surface area contributed by atoms with Crippen LogP contribution in [0.5, 0.6) is 0 Å². The van der Waals surface area contributed by atoms with E-state index in [0.717, 1.165) is 35.7 Å². The first-order chi connectivity index (χ1) is 8.83. The quantitative estimate of drug-likeness (QED) is 0.747. The number of anilines is 1. The number of unbranched alkanes of at least 4 members (excludes halogenated alkanes) is 1. The van der Waals surface area contributed by atoms with Crippen LogP contribution in [0.1, 0.15) is 51.0 Å². The van der Waals surface area contributed by atoms with Crippen LogP contribution in [0.4, 0.5) is 5.13 Å². The van der Waals surface area contributed by atoms with Gasteiger partial charge in [0.1, 0.15) is 5.01 Å². The molecule has 1 aliphatic carbocycles. The molecule has 4 nitrogen and oxygen atoms in total. The Hall–Kier alpha value is -0.680. The van der Waals surface area contributed by atoms with Gasteiger partial charge >= 0.3 is 0 Å². The third-order valence-electron chi connectivity index (χ3n) is 3.19. The Morgan fingerprint density at radius 2 is 2.11 bits per heavy atom. The molecule has 1 saturated carbocycles. The molecule has 18 heavy (non-hydrogen) atoms. The molecule has 0 bridgehead atoms. The lowest BCUT2D eigenvalue weighted by Crippen LogP contribution is -2.26. The molecule has 2 rings (SSSR count). The maximum absolute atomic E-state index is 4.29. The van der Waals surface area contributed by atoms with Crippen molar-refractivity contribution >= 4 is 16.5 Å². The van der Waals surface area contributed by atoms with Crippen LogP contribution >= 0.6 is 11.3 Å². The van der Waals surface area contributed by atoms with E-state index in [2.05, 4.69) is 34.3 Å². The van der Waals surface area contributed by atoms with Crippen LogP contribution in [0, 0.1) is 0 Å². The molecule has 1 aromatic heterocycles. The standard InChI is InChI=1S/C13H24N4S/c1-3-5-9-17(11-6-7-11)10-12-15-16-13(18-12)14-8-4-2/h11H,3-10H2,1-2H3,(H,14,16). The zero-order chi connectivity index (χ0) is 12.8. The number of nitrogens with one attached hydrogen (secondary N) is 1. The third kappa shape index (κ3) is 4.21. The van der Waals surface area contributed by atoms with Gasteiger partial charge in [-0.3, -0.25) is 4.90 Å². The molecule has 1 N–H and O–H groups in total. The molecule has 0 unspecified atom stereocenters. The van der Waals surface area contributed by atoms with Gasteiger partial charge in [-0.1, -0.05) is 31.6 Å². The lowest BCUT2D eigenvalue weighted by molar-refractivity contribution is 0.250. The maximum Gasteiger partial charge on any atom is 0.205 e. The van der Waals surface area contributed by atoms with Gasteiger partial charge < -0.3 is 5.32 Å². The minimum atomic E-state index is 0.813. The number of nitrogens with zero attached hydrogens (tertiary/aromatic N) is 3. The fraction of sp³-hybridized carbons (Fsp3) is 0.846. The molecule has 0 radical (unpaired) electrons. The predicted molar refractivity (Wildman–Crippen MR) is 77.0 cm³/mol. The van der Waals surface area contributed by atoms with Crippen molar-refractivity contribution in [3.63, 3.8) is 0 Å². The molecular formula is C13H24N4S. The Balaban J connectivity index is 1.83. The molecule has 0 saturated heterocycles. The van der Waals surface area contributed by atoms with Gasteiger partial charge in [-0.15, -0.1) is 10.2 Å². The average Bonchev–Trinajstić information content (AvgIpc) is 3.13. The summed E-state index contributed by atoms with van der Waals surface area (Å²) < 4.78 is 0. The molecule has 0 spiro atoms. The van der Waals surface area contributed by atoms with Crippen molar-refractivity contribution in [3.8, 4) is 0 Å². The van der Waals surface area contributed by atoms with Crippen molar-refractivity contribution in [2.45, 2.75) is 58.5 Å². The molecule has 5 heteroatoms. The topological polar surface area (TPSA) is 41.1 Å². The molecule has 0 amide bonds. The van der Waals surface area contributed by atoms with Gasteiger partial charge in [0.2, 0.25) is 5.13 Å². The van der Waals surface area contributed by atoms with Crippen LogP contribution in [0.3, 0.4) is 0 Å². The molecule has 1 aromatic rings. The van der Waals surface area contributed by atoms with E-state index in [1.54, 1.807) is 11.3 Å². The van der Waals surface area contributed by atoms with E-state index in [0.29, 0.717) is 0 Å². The monoisotopic (exact) mass is 268 g/mol. The van der Waals surface area contributed by atoms with Gasteiger partial charge in [0.15, 0.2) is 0 Å². The van der Waals surface area contributed by atoms with Gasteiger partial charge in [-0.05, 0) is 32.2 Å². The molecule has 0 aliphatic heterocycles. The summed E-state index contributed by atoms with van der Waals surface area (Å²) in [5, 5.41) is 13.9. The lowest BCUT2D eigenvalue weighted by atomic mass is 10.3. The molecule has 0 atom stereocenters. The highest BCUT2D eigenvalue weighted by Gasteiger charge is 2.29. The summed E-state index contributed by atoms with van der Waals surface area (Å²) in [6.45, 7) is 7.59. The van der Waals surface area contributed by atoms with Crippen LogP contribution in [0.2, 0.25) is 0 Å². The van der Waals surface area contributed by atoms with E-state index in [1.165, 1.54) is 32.2 Å². The number of hydrogen-bond acceptors (Lipinski definition) is 5.